The highest BCUT2D eigenvalue weighted by Crippen LogP contribution is 2.34. The molecule has 2 saturated carbocycles. The van der Waals surface area contributed by atoms with Gasteiger partial charge in [0.05, 0.1) is 0 Å². The fraction of sp³-hybridized carbons (Fsp3) is 1.00. The molecule has 112 valence electrons. The average Bonchev–Trinajstić information content (AvgIpc) is 2.49. The van der Waals surface area contributed by atoms with Gasteiger partial charge in [0.15, 0.2) is 0 Å². The maximum atomic E-state index is 3.63. The predicted octanol–water partition coefficient (Wildman–Crippen LogP) is 5.15. The van der Waals surface area contributed by atoms with Gasteiger partial charge in [0.25, 0.3) is 0 Å². The molecule has 2 fully saturated rings. The molecule has 0 aliphatic heterocycles. The van der Waals surface area contributed by atoms with Gasteiger partial charge in [-0.2, -0.15) is 0 Å². The molecule has 0 heterocycles. The van der Waals surface area contributed by atoms with Crippen LogP contribution in [0.15, 0.2) is 0 Å². The zero-order chi connectivity index (χ0) is 13.5. The van der Waals surface area contributed by atoms with E-state index in [2.05, 4.69) is 19.3 Å². The standard InChI is InChI=1S/C18H35N/c1-15(16-9-5-3-6-10-16)13-14-18(19-2)17-11-7-4-8-12-17/h15-19H,3-14H2,1-2H3/t15?,18-/m1/s1. The monoisotopic (exact) mass is 265 g/mol. The van der Waals surface area contributed by atoms with Crippen LogP contribution in [0.2, 0.25) is 0 Å². The molecule has 2 rings (SSSR count). The van der Waals surface area contributed by atoms with Gasteiger partial charge in [0.2, 0.25) is 0 Å². The first-order valence-electron chi connectivity index (χ1n) is 8.98. The number of hydrogen-bond donors (Lipinski definition) is 1. The zero-order valence-corrected chi connectivity index (χ0v) is 13.3. The summed E-state index contributed by atoms with van der Waals surface area (Å²) in [7, 11) is 2.19. The van der Waals surface area contributed by atoms with E-state index in [0.717, 1.165) is 23.8 Å². The number of rotatable bonds is 6. The second kappa shape index (κ2) is 8.29. The highest BCUT2D eigenvalue weighted by molar-refractivity contribution is 4.80. The molecule has 1 N–H and O–H groups in total. The summed E-state index contributed by atoms with van der Waals surface area (Å²) < 4.78 is 0. The highest BCUT2D eigenvalue weighted by atomic mass is 14.9. The van der Waals surface area contributed by atoms with Crippen molar-refractivity contribution in [3.8, 4) is 0 Å². The topological polar surface area (TPSA) is 12.0 Å². The second-order valence-electron chi connectivity index (χ2n) is 7.25. The molecule has 1 nitrogen and oxygen atoms in total. The Morgan fingerprint density at radius 1 is 0.789 bits per heavy atom. The Labute approximate surface area is 120 Å². The zero-order valence-electron chi connectivity index (χ0n) is 13.3. The van der Waals surface area contributed by atoms with Crippen molar-refractivity contribution in [2.75, 3.05) is 7.05 Å². The van der Waals surface area contributed by atoms with Crippen molar-refractivity contribution in [2.45, 2.75) is 90.0 Å². The smallest absolute Gasteiger partial charge is 0.00924 e. The van der Waals surface area contributed by atoms with E-state index in [1.165, 1.54) is 77.0 Å². The van der Waals surface area contributed by atoms with Crippen LogP contribution >= 0.6 is 0 Å². The molecular weight excluding hydrogens is 230 g/mol. The maximum Gasteiger partial charge on any atom is 0.00924 e. The summed E-state index contributed by atoms with van der Waals surface area (Å²) in [6.07, 6.45) is 17.7. The Balaban J connectivity index is 1.71. The molecule has 1 heteroatoms. The van der Waals surface area contributed by atoms with E-state index in [1.807, 2.05) is 0 Å². The Morgan fingerprint density at radius 2 is 1.32 bits per heavy atom. The lowest BCUT2D eigenvalue weighted by atomic mass is 9.76. The Kier molecular flexibility index (Phi) is 6.70. The van der Waals surface area contributed by atoms with Gasteiger partial charge >= 0.3 is 0 Å². The first kappa shape index (κ1) is 15.4. The Bertz CT molecular complexity index is 226. The second-order valence-corrected chi connectivity index (χ2v) is 7.25. The minimum atomic E-state index is 0.798. The van der Waals surface area contributed by atoms with Crippen LogP contribution in [-0.2, 0) is 0 Å². The van der Waals surface area contributed by atoms with Crippen LogP contribution in [0.1, 0.15) is 84.0 Å². The molecule has 2 atom stereocenters. The van der Waals surface area contributed by atoms with Crippen molar-refractivity contribution in [3.05, 3.63) is 0 Å². The van der Waals surface area contributed by atoms with E-state index < -0.39 is 0 Å². The molecule has 0 saturated heterocycles. The SMILES string of the molecule is CN[C@H](CCC(C)C1CCCCC1)C1CCCCC1. The summed E-state index contributed by atoms with van der Waals surface area (Å²) in [5, 5.41) is 3.63. The van der Waals surface area contributed by atoms with Gasteiger partial charge in [-0.1, -0.05) is 58.3 Å². The minimum absolute atomic E-state index is 0.798. The van der Waals surface area contributed by atoms with Gasteiger partial charge in [-0.15, -0.1) is 0 Å². The van der Waals surface area contributed by atoms with Gasteiger partial charge in [-0.05, 0) is 50.5 Å². The van der Waals surface area contributed by atoms with Gasteiger partial charge in [-0.3, -0.25) is 0 Å². The van der Waals surface area contributed by atoms with E-state index in [9.17, 15) is 0 Å². The quantitative estimate of drug-likeness (QED) is 0.700. The third-order valence-electron chi connectivity index (χ3n) is 5.98. The van der Waals surface area contributed by atoms with Gasteiger partial charge in [0.1, 0.15) is 0 Å². The van der Waals surface area contributed by atoms with Crippen LogP contribution < -0.4 is 5.32 Å². The van der Waals surface area contributed by atoms with Crippen molar-refractivity contribution in [3.63, 3.8) is 0 Å². The fourth-order valence-corrected chi connectivity index (χ4v) is 4.53. The average molecular weight is 265 g/mol. The molecule has 2 aliphatic carbocycles. The van der Waals surface area contributed by atoms with Crippen LogP contribution in [0.3, 0.4) is 0 Å². The normalized spacial score (nSPS) is 26.2. The molecule has 1 unspecified atom stereocenters. The first-order chi connectivity index (χ1) is 9.31. The minimum Gasteiger partial charge on any atom is -0.317 e. The summed E-state index contributed by atoms with van der Waals surface area (Å²) in [6, 6.07) is 0.798. The lowest BCUT2D eigenvalue weighted by Crippen LogP contribution is -2.35. The highest BCUT2D eigenvalue weighted by Gasteiger charge is 2.25. The third-order valence-corrected chi connectivity index (χ3v) is 5.98. The predicted molar refractivity (Wildman–Crippen MR) is 84.4 cm³/mol. The van der Waals surface area contributed by atoms with E-state index in [0.29, 0.717) is 0 Å². The van der Waals surface area contributed by atoms with Crippen molar-refractivity contribution in [1.82, 2.24) is 5.32 Å². The molecule has 0 aromatic heterocycles. The Morgan fingerprint density at radius 3 is 1.84 bits per heavy atom. The summed E-state index contributed by atoms with van der Waals surface area (Å²) in [5.41, 5.74) is 0. The van der Waals surface area contributed by atoms with E-state index in [-0.39, 0.29) is 0 Å². The number of nitrogens with one attached hydrogen (secondary N) is 1. The molecule has 0 aromatic rings. The molecule has 0 bridgehead atoms. The van der Waals surface area contributed by atoms with Crippen molar-refractivity contribution in [2.24, 2.45) is 17.8 Å². The molecule has 0 spiro atoms. The Hall–Kier alpha value is -0.0400. The van der Waals surface area contributed by atoms with Gasteiger partial charge < -0.3 is 5.32 Å². The van der Waals surface area contributed by atoms with Crippen LogP contribution in [0.25, 0.3) is 0 Å². The van der Waals surface area contributed by atoms with Crippen LogP contribution in [0, 0.1) is 17.8 Å². The third kappa shape index (κ3) is 4.77. The molecule has 19 heavy (non-hydrogen) atoms. The molecule has 0 radical (unpaired) electrons. The van der Waals surface area contributed by atoms with Crippen LogP contribution in [-0.4, -0.2) is 13.1 Å². The molecular formula is C18H35N. The summed E-state index contributed by atoms with van der Waals surface area (Å²) in [5.74, 6) is 2.97. The van der Waals surface area contributed by atoms with E-state index >= 15 is 0 Å². The van der Waals surface area contributed by atoms with Gasteiger partial charge in [0, 0.05) is 6.04 Å². The van der Waals surface area contributed by atoms with E-state index in [1.54, 1.807) is 0 Å². The number of hydrogen-bond acceptors (Lipinski definition) is 1. The lowest BCUT2D eigenvalue weighted by molar-refractivity contribution is 0.216. The van der Waals surface area contributed by atoms with Crippen molar-refractivity contribution < 1.29 is 0 Å². The van der Waals surface area contributed by atoms with Gasteiger partial charge in [-0.25, -0.2) is 0 Å². The molecule has 2 aliphatic rings. The van der Waals surface area contributed by atoms with Crippen LogP contribution in [0.5, 0.6) is 0 Å². The molecule has 0 amide bonds. The molecule has 0 aromatic carbocycles. The largest absolute Gasteiger partial charge is 0.317 e. The lowest BCUT2D eigenvalue weighted by Gasteiger charge is -2.33. The summed E-state index contributed by atoms with van der Waals surface area (Å²) >= 11 is 0. The van der Waals surface area contributed by atoms with Crippen molar-refractivity contribution >= 4 is 0 Å². The van der Waals surface area contributed by atoms with Crippen molar-refractivity contribution in [1.29, 1.82) is 0 Å². The van der Waals surface area contributed by atoms with Crippen LogP contribution in [0.4, 0.5) is 0 Å². The summed E-state index contributed by atoms with van der Waals surface area (Å²) in [4.78, 5) is 0. The summed E-state index contributed by atoms with van der Waals surface area (Å²) in [6.45, 7) is 2.52. The van der Waals surface area contributed by atoms with E-state index in [4.69, 9.17) is 0 Å². The first-order valence-corrected chi connectivity index (χ1v) is 8.98. The fourth-order valence-electron chi connectivity index (χ4n) is 4.53. The maximum absolute atomic E-state index is 3.63.